The topological polar surface area (TPSA) is 88.1 Å². The number of fused-ring (bicyclic) bond motifs is 1. The largest absolute Gasteiger partial charge is 0.465 e. The molecule has 0 unspecified atom stereocenters. The molecule has 0 bridgehead atoms. The van der Waals surface area contributed by atoms with Crippen molar-refractivity contribution in [2.75, 3.05) is 7.11 Å². The maximum Gasteiger partial charge on any atom is 0.344 e. The summed E-state index contributed by atoms with van der Waals surface area (Å²) < 4.78 is 21.8. The van der Waals surface area contributed by atoms with E-state index in [0.717, 1.165) is 11.1 Å². The number of carbonyl (C=O) groups excluding carboxylic acids is 3. The maximum atomic E-state index is 12.0. The number of hydrogen-bond donors (Lipinski definition) is 0. The number of carbonyl (C=O) groups is 3. The van der Waals surface area contributed by atoms with Crippen LogP contribution in [0.15, 0.2) is 91.5 Å². The second-order valence-corrected chi connectivity index (χ2v) is 9.76. The van der Waals surface area contributed by atoms with E-state index in [9.17, 15) is 14.4 Å². The highest BCUT2D eigenvalue weighted by Crippen LogP contribution is 2.36. The lowest BCUT2D eigenvalue weighted by molar-refractivity contribution is 0.0597. The van der Waals surface area contributed by atoms with Crippen molar-refractivity contribution in [3.63, 3.8) is 0 Å². The third kappa shape index (κ3) is 5.09. The minimum Gasteiger partial charge on any atom is -0.465 e. The first-order chi connectivity index (χ1) is 19.2. The molecule has 0 aromatic heterocycles. The average molecular weight is 535 g/mol. The highest BCUT2D eigenvalue weighted by atomic mass is 16.5. The molecule has 4 aromatic rings. The number of esters is 2. The molecule has 1 aliphatic rings. The maximum absolute atomic E-state index is 12.0. The van der Waals surface area contributed by atoms with E-state index in [-0.39, 0.29) is 16.5 Å². The zero-order chi connectivity index (χ0) is 28.4. The second-order valence-electron chi connectivity index (χ2n) is 9.76. The molecule has 7 nitrogen and oxygen atoms in total. The van der Waals surface area contributed by atoms with Gasteiger partial charge in [-0.1, -0.05) is 44.7 Å². The first-order valence-electron chi connectivity index (χ1n) is 12.5. The van der Waals surface area contributed by atoms with Gasteiger partial charge in [0.05, 0.1) is 18.2 Å². The summed E-state index contributed by atoms with van der Waals surface area (Å²) in [6, 6.07) is 25.3. The third-order valence-electron chi connectivity index (χ3n) is 6.91. The fourth-order valence-corrected chi connectivity index (χ4v) is 4.52. The van der Waals surface area contributed by atoms with E-state index < -0.39 is 11.9 Å². The predicted molar refractivity (Wildman–Crippen MR) is 149 cm³/mol. The quantitative estimate of drug-likeness (QED) is 0.173. The molecule has 0 amide bonds. The van der Waals surface area contributed by atoms with Crippen molar-refractivity contribution in [3.05, 3.63) is 125 Å². The van der Waals surface area contributed by atoms with E-state index in [0.29, 0.717) is 46.2 Å². The van der Waals surface area contributed by atoms with Crippen LogP contribution in [-0.4, -0.2) is 25.3 Å². The molecule has 1 aliphatic heterocycles. The minimum atomic E-state index is -0.606. The molecule has 0 saturated carbocycles. The summed E-state index contributed by atoms with van der Waals surface area (Å²) in [5, 5.41) is 0. The van der Waals surface area contributed by atoms with Gasteiger partial charge in [-0.05, 0) is 71.8 Å². The van der Waals surface area contributed by atoms with Crippen LogP contribution in [-0.2, 0) is 14.9 Å². The van der Waals surface area contributed by atoms with E-state index in [1.54, 1.807) is 24.3 Å². The Labute approximate surface area is 231 Å². The van der Waals surface area contributed by atoms with Gasteiger partial charge < -0.3 is 18.9 Å². The van der Waals surface area contributed by atoms with Crippen molar-refractivity contribution in [1.82, 2.24) is 0 Å². The molecule has 0 fully saturated rings. The Balaban J connectivity index is 1.29. The fraction of sp³-hybridized carbons (Fsp3) is 0.121. The average Bonchev–Trinajstić information content (AvgIpc) is 3.25. The van der Waals surface area contributed by atoms with Gasteiger partial charge in [0, 0.05) is 16.5 Å². The molecule has 0 atom stereocenters. The standard InChI is InChI=1S/C33H26O7/c1-20-29-17-27(15-16-28(29)32(36)38-20)40-25-13-8-23(9-14-25)33(2,3)22-6-11-24(12-7-22)39-26-10-5-21(19-34)30(18-26)31(35)37-4/h5-19H,1H2,2-4H3. The van der Waals surface area contributed by atoms with Crippen LogP contribution in [0.1, 0.15) is 61.6 Å². The first kappa shape index (κ1) is 26.4. The van der Waals surface area contributed by atoms with E-state index >= 15 is 0 Å². The zero-order valence-corrected chi connectivity index (χ0v) is 22.2. The Bertz CT molecular complexity index is 1630. The summed E-state index contributed by atoms with van der Waals surface area (Å²) in [6.45, 7) is 8.03. The number of aldehydes is 1. The van der Waals surface area contributed by atoms with Crippen molar-refractivity contribution in [2.45, 2.75) is 19.3 Å². The monoisotopic (exact) mass is 534 g/mol. The van der Waals surface area contributed by atoms with E-state index in [2.05, 4.69) is 20.4 Å². The molecule has 7 heteroatoms. The molecule has 0 radical (unpaired) electrons. The number of cyclic esters (lactones) is 1. The highest BCUT2D eigenvalue weighted by Gasteiger charge is 2.26. The summed E-state index contributed by atoms with van der Waals surface area (Å²) in [7, 11) is 1.26. The summed E-state index contributed by atoms with van der Waals surface area (Å²) in [4.78, 5) is 35.1. The van der Waals surface area contributed by atoms with Gasteiger partial charge >= 0.3 is 11.9 Å². The van der Waals surface area contributed by atoms with Crippen LogP contribution < -0.4 is 9.47 Å². The van der Waals surface area contributed by atoms with Gasteiger partial charge in [-0.2, -0.15) is 0 Å². The summed E-state index contributed by atoms with van der Waals surface area (Å²) in [5.41, 5.74) is 3.33. The molecular weight excluding hydrogens is 508 g/mol. The molecule has 4 aromatic carbocycles. The first-order valence-corrected chi connectivity index (χ1v) is 12.5. The number of ether oxygens (including phenoxy) is 4. The van der Waals surface area contributed by atoms with Gasteiger partial charge in [0.25, 0.3) is 0 Å². The lowest BCUT2D eigenvalue weighted by atomic mass is 9.78. The predicted octanol–water partition coefficient (Wildman–Crippen LogP) is 7.34. The van der Waals surface area contributed by atoms with E-state index in [1.165, 1.54) is 19.2 Å². The Morgan fingerprint density at radius 1 is 0.775 bits per heavy atom. The van der Waals surface area contributed by atoms with Crippen LogP contribution in [0.25, 0.3) is 5.76 Å². The van der Waals surface area contributed by atoms with Crippen LogP contribution in [0.2, 0.25) is 0 Å². The smallest absolute Gasteiger partial charge is 0.344 e. The van der Waals surface area contributed by atoms with Gasteiger partial charge in [0.15, 0.2) is 6.29 Å². The second kappa shape index (κ2) is 10.5. The van der Waals surface area contributed by atoms with Crippen molar-refractivity contribution < 1.29 is 33.3 Å². The molecule has 0 N–H and O–H groups in total. The summed E-state index contributed by atoms with van der Waals surface area (Å²) in [5.74, 6) is 1.55. The molecule has 0 spiro atoms. The number of methoxy groups -OCH3 is 1. The van der Waals surface area contributed by atoms with Gasteiger partial charge in [0.1, 0.15) is 28.8 Å². The van der Waals surface area contributed by atoms with E-state index in [4.69, 9.17) is 18.9 Å². The molecule has 1 heterocycles. The van der Waals surface area contributed by atoms with Crippen LogP contribution in [0, 0.1) is 0 Å². The van der Waals surface area contributed by atoms with E-state index in [1.807, 2.05) is 48.5 Å². The van der Waals surface area contributed by atoms with Crippen LogP contribution >= 0.6 is 0 Å². The Kier molecular flexibility index (Phi) is 6.96. The minimum absolute atomic E-state index is 0.144. The Morgan fingerprint density at radius 3 is 1.85 bits per heavy atom. The number of hydrogen-bond acceptors (Lipinski definition) is 7. The lowest BCUT2D eigenvalue weighted by Gasteiger charge is -2.26. The molecule has 0 saturated heterocycles. The fourth-order valence-electron chi connectivity index (χ4n) is 4.52. The van der Waals surface area contributed by atoms with Crippen molar-refractivity contribution in [1.29, 1.82) is 0 Å². The number of benzene rings is 4. The van der Waals surface area contributed by atoms with Gasteiger partial charge in [-0.15, -0.1) is 0 Å². The highest BCUT2D eigenvalue weighted by molar-refractivity contribution is 6.02. The Morgan fingerprint density at radius 2 is 1.30 bits per heavy atom. The van der Waals surface area contributed by atoms with Gasteiger partial charge in [0.2, 0.25) is 0 Å². The summed E-state index contributed by atoms with van der Waals surface area (Å²) in [6.07, 6.45) is 0.606. The zero-order valence-electron chi connectivity index (χ0n) is 22.2. The van der Waals surface area contributed by atoms with Crippen LogP contribution in [0.4, 0.5) is 0 Å². The van der Waals surface area contributed by atoms with Gasteiger partial charge in [-0.3, -0.25) is 4.79 Å². The Hall–Kier alpha value is -5.17. The van der Waals surface area contributed by atoms with Crippen molar-refractivity contribution >= 4 is 24.0 Å². The number of rotatable bonds is 8. The normalized spacial score (nSPS) is 12.4. The van der Waals surface area contributed by atoms with Crippen molar-refractivity contribution in [3.8, 4) is 23.0 Å². The van der Waals surface area contributed by atoms with Crippen LogP contribution in [0.5, 0.6) is 23.0 Å². The summed E-state index contributed by atoms with van der Waals surface area (Å²) >= 11 is 0. The molecule has 200 valence electrons. The van der Waals surface area contributed by atoms with Crippen LogP contribution in [0.3, 0.4) is 0 Å². The molecule has 40 heavy (non-hydrogen) atoms. The third-order valence-corrected chi connectivity index (χ3v) is 6.91. The molecular formula is C33H26O7. The SMILES string of the molecule is C=C1OC(=O)c2ccc(Oc3ccc(C(C)(C)c4ccc(Oc5ccc(C=O)c(C(=O)OC)c5)cc4)cc3)cc21. The molecule has 5 rings (SSSR count). The lowest BCUT2D eigenvalue weighted by Crippen LogP contribution is -2.18. The van der Waals surface area contributed by atoms with Gasteiger partial charge in [-0.25, -0.2) is 9.59 Å². The van der Waals surface area contributed by atoms with Crippen molar-refractivity contribution in [2.24, 2.45) is 0 Å². The molecule has 0 aliphatic carbocycles.